The number of ether oxygens (including phenoxy) is 2. The number of esters is 1. The van der Waals surface area contributed by atoms with Gasteiger partial charge in [-0.15, -0.1) is 0 Å². The van der Waals surface area contributed by atoms with Gasteiger partial charge in [-0.25, -0.2) is 4.79 Å². The Morgan fingerprint density at radius 1 is 1.35 bits per heavy atom. The third kappa shape index (κ3) is 4.18. The fourth-order valence-corrected chi connectivity index (χ4v) is 2.03. The summed E-state index contributed by atoms with van der Waals surface area (Å²) in [5.74, 6) is -0.00228. The molecule has 1 aromatic heterocycles. The molecule has 0 saturated heterocycles. The normalized spacial score (nSPS) is 10.5. The SMILES string of the molecule is CCOC(=O)c1cc(COCc2cccc(Br)c2)on1. The van der Waals surface area contributed by atoms with Gasteiger partial charge in [-0.3, -0.25) is 0 Å². The second kappa shape index (κ2) is 7.21. The Balaban J connectivity index is 1.84. The number of benzene rings is 1. The molecule has 0 amide bonds. The molecule has 2 rings (SSSR count). The Morgan fingerprint density at radius 2 is 2.20 bits per heavy atom. The zero-order valence-electron chi connectivity index (χ0n) is 11.0. The van der Waals surface area contributed by atoms with Crippen molar-refractivity contribution in [3.63, 3.8) is 0 Å². The molecular weight excluding hydrogens is 326 g/mol. The van der Waals surface area contributed by atoms with Gasteiger partial charge in [0.2, 0.25) is 0 Å². The first-order valence-electron chi connectivity index (χ1n) is 6.14. The van der Waals surface area contributed by atoms with Gasteiger partial charge in [0.15, 0.2) is 11.5 Å². The van der Waals surface area contributed by atoms with Gasteiger partial charge in [0, 0.05) is 10.5 Å². The molecule has 1 aromatic carbocycles. The van der Waals surface area contributed by atoms with E-state index in [1.165, 1.54) is 6.07 Å². The lowest BCUT2D eigenvalue weighted by atomic mass is 10.2. The molecule has 5 nitrogen and oxygen atoms in total. The van der Waals surface area contributed by atoms with E-state index >= 15 is 0 Å². The zero-order chi connectivity index (χ0) is 14.4. The number of aromatic nitrogens is 1. The standard InChI is InChI=1S/C14H14BrNO4/c1-2-19-14(17)13-7-12(20-16-13)9-18-8-10-4-3-5-11(15)6-10/h3-7H,2,8-9H2,1H3. The topological polar surface area (TPSA) is 61.6 Å². The third-order valence-electron chi connectivity index (χ3n) is 2.45. The highest BCUT2D eigenvalue weighted by atomic mass is 79.9. The largest absolute Gasteiger partial charge is 0.461 e. The van der Waals surface area contributed by atoms with E-state index in [-0.39, 0.29) is 12.3 Å². The molecule has 0 unspecified atom stereocenters. The average Bonchev–Trinajstić information content (AvgIpc) is 2.88. The van der Waals surface area contributed by atoms with E-state index in [1.54, 1.807) is 6.92 Å². The number of nitrogens with zero attached hydrogens (tertiary/aromatic N) is 1. The highest BCUT2D eigenvalue weighted by Gasteiger charge is 2.13. The van der Waals surface area contributed by atoms with Gasteiger partial charge < -0.3 is 14.0 Å². The third-order valence-corrected chi connectivity index (χ3v) is 2.94. The molecule has 0 aliphatic rings. The Kier molecular flexibility index (Phi) is 5.31. The molecule has 0 radical (unpaired) electrons. The van der Waals surface area contributed by atoms with Crippen molar-refractivity contribution in [2.45, 2.75) is 20.1 Å². The van der Waals surface area contributed by atoms with Crippen molar-refractivity contribution in [1.82, 2.24) is 5.16 Å². The molecule has 0 N–H and O–H groups in total. The zero-order valence-corrected chi connectivity index (χ0v) is 12.6. The van der Waals surface area contributed by atoms with Crippen LogP contribution >= 0.6 is 15.9 Å². The van der Waals surface area contributed by atoms with E-state index < -0.39 is 5.97 Å². The Morgan fingerprint density at radius 3 is 2.95 bits per heavy atom. The maximum atomic E-state index is 11.4. The lowest BCUT2D eigenvalue weighted by Crippen LogP contribution is -2.04. The summed E-state index contributed by atoms with van der Waals surface area (Å²) >= 11 is 3.40. The summed E-state index contributed by atoms with van der Waals surface area (Å²) in [6.07, 6.45) is 0. The van der Waals surface area contributed by atoms with Gasteiger partial charge in [-0.2, -0.15) is 0 Å². The van der Waals surface area contributed by atoms with Crippen LogP contribution in [0.3, 0.4) is 0 Å². The molecule has 6 heteroatoms. The van der Waals surface area contributed by atoms with E-state index in [0.717, 1.165) is 10.0 Å². The number of carbonyl (C=O) groups is 1. The van der Waals surface area contributed by atoms with Crippen LogP contribution in [-0.2, 0) is 22.7 Å². The van der Waals surface area contributed by atoms with Crippen molar-refractivity contribution >= 4 is 21.9 Å². The minimum absolute atomic E-state index is 0.160. The van der Waals surface area contributed by atoms with Crippen molar-refractivity contribution < 1.29 is 18.8 Å². The van der Waals surface area contributed by atoms with Gasteiger partial charge in [-0.1, -0.05) is 33.2 Å². The lowest BCUT2D eigenvalue weighted by molar-refractivity contribution is 0.0513. The quantitative estimate of drug-likeness (QED) is 0.755. The van der Waals surface area contributed by atoms with Crippen molar-refractivity contribution in [2.75, 3.05) is 6.61 Å². The predicted octanol–water partition coefficient (Wildman–Crippen LogP) is 3.33. The Bertz CT molecular complexity index is 582. The fraction of sp³-hybridized carbons (Fsp3) is 0.286. The van der Waals surface area contributed by atoms with Crippen LogP contribution in [0.25, 0.3) is 0 Å². The minimum Gasteiger partial charge on any atom is -0.461 e. The fourth-order valence-electron chi connectivity index (χ4n) is 1.58. The van der Waals surface area contributed by atoms with Crippen LogP contribution in [-0.4, -0.2) is 17.7 Å². The molecule has 0 atom stereocenters. The number of rotatable bonds is 6. The molecule has 0 saturated carbocycles. The first-order chi connectivity index (χ1) is 9.69. The monoisotopic (exact) mass is 339 g/mol. The lowest BCUT2D eigenvalue weighted by Gasteiger charge is -2.02. The average molecular weight is 340 g/mol. The maximum Gasteiger partial charge on any atom is 0.360 e. The summed E-state index contributed by atoms with van der Waals surface area (Å²) in [5, 5.41) is 3.64. The first kappa shape index (κ1) is 14.7. The van der Waals surface area contributed by atoms with Crippen LogP contribution < -0.4 is 0 Å². The van der Waals surface area contributed by atoms with Crippen molar-refractivity contribution in [1.29, 1.82) is 0 Å². The van der Waals surface area contributed by atoms with Crippen LogP contribution in [0, 0.1) is 0 Å². The summed E-state index contributed by atoms with van der Waals surface area (Å²) < 4.78 is 16.3. The number of halogens is 1. The smallest absolute Gasteiger partial charge is 0.360 e. The molecule has 0 spiro atoms. The molecule has 0 aliphatic carbocycles. The van der Waals surface area contributed by atoms with Gasteiger partial charge in [0.05, 0.1) is 13.2 Å². The molecular formula is C14H14BrNO4. The second-order valence-electron chi connectivity index (χ2n) is 4.02. The van der Waals surface area contributed by atoms with E-state index in [1.807, 2.05) is 24.3 Å². The van der Waals surface area contributed by atoms with E-state index in [9.17, 15) is 4.79 Å². The molecule has 106 valence electrons. The summed E-state index contributed by atoms with van der Waals surface area (Å²) in [6.45, 7) is 2.74. The van der Waals surface area contributed by atoms with Crippen LogP contribution in [0.1, 0.15) is 28.7 Å². The molecule has 0 fully saturated rings. The summed E-state index contributed by atoms with van der Waals surface area (Å²) in [7, 11) is 0. The highest BCUT2D eigenvalue weighted by molar-refractivity contribution is 9.10. The summed E-state index contributed by atoms with van der Waals surface area (Å²) in [4.78, 5) is 11.4. The van der Waals surface area contributed by atoms with Gasteiger partial charge in [-0.05, 0) is 24.6 Å². The van der Waals surface area contributed by atoms with Crippen LogP contribution in [0.15, 0.2) is 39.3 Å². The molecule has 0 aliphatic heterocycles. The molecule has 20 heavy (non-hydrogen) atoms. The van der Waals surface area contributed by atoms with Gasteiger partial charge in [0.1, 0.15) is 6.61 Å². The number of carbonyl (C=O) groups excluding carboxylic acids is 1. The number of hydrogen-bond acceptors (Lipinski definition) is 5. The molecule has 0 bridgehead atoms. The van der Waals surface area contributed by atoms with Crippen LogP contribution in [0.4, 0.5) is 0 Å². The Hall–Kier alpha value is -1.66. The first-order valence-corrected chi connectivity index (χ1v) is 6.93. The van der Waals surface area contributed by atoms with Crippen molar-refractivity contribution in [3.05, 3.63) is 51.8 Å². The van der Waals surface area contributed by atoms with Crippen LogP contribution in [0.5, 0.6) is 0 Å². The minimum atomic E-state index is -0.491. The molecule has 2 aromatic rings. The highest BCUT2D eigenvalue weighted by Crippen LogP contribution is 2.13. The van der Waals surface area contributed by atoms with E-state index in [0.29, 0.717) is 19.0 Å². The van der Waals surface area contributed by atoms with E-state index in [2.05, 4.69) is 21.1 Å². The summed E-state index contributed by atoms with van der Waals surface area (Å²) in [5.41, 5.74) is 1.21. The summed E-state index contributed by atoms with van der Waals surface area (Å²) in [6, 6.07) is 9.36. The maximum absolute atomic E-state index is 11.4. The van der Waals surface area contributed by atoms with Crippen molar-refractivity contribution in [2.24, 2.45) is 0 Å². The van der Waals surface area contributed by atoms with Crippen LogP contribution in [0.2, 0.25) is 0 Å². The second-order valence-corrected chi connectivity index (χ2v) is 4.94. The van der Waals surface area contributed by atoms with Gasteiger partial charge in [0.25, 0.3) is 0 Å². The van der Waals surface area contributed by atoms with E-state index in [4.69, 9.17) is 14.0 Å². The van der Waals surface area contributed by atoms with Gasteiger partial charge >= 0.3 is 5.97 Å². The number of hydrogen-bond donors (Lipinski definition) is 0. The predicted molar refractivity (Wildman–Crippen MR) is 75.1 cm³/mol. The Labute approximate surface area is 125 Å². The molecule has 1 heterocycles. The van der Waals surface area contributed by atoms with Crippen molar-refractivity contribution in [3.8, 4) is 0 Å².